The Balaban J connectivity index is 2.37. The molecule has 0 saturated carbocycles. The molecule has 0 aliphatic rings. The molecule has 2 aromatic rings. The Morgan fingerprint density at radius 2 is 1.71 bits per heavy atom. The summed E-state index contributed by atoms with van der Waals surface area (Å²) < 4.78 is 5.75. The molecule has 3 heteroatoms. The van der Waals surface area contributed by atoms with Crippen LogP contribution in [0.3, 0.4) is 0 Å². The first kappa shape index (κ1) is 15.4. The summed E-state index contributed by atoms with van der Waals surface area (Å²) >= 11 is 0. The van der Waals surface area contributed by atoms with Crippen molar-refractivity contribution in [2.75, 3.05) is 24.6 Å². The minimum absolute atomic E-state index is 0.593. The van der Waals surface area contributed by atoms with Gasteiger partial charge in [-0.25, -0.2) is 0 Å². The molecule has 2 N–H and O–H groups in total. The van der Waals surface area contributed by atoms with Crippen LogP contribution in [0.25, 0.3) is 0 Å². The smallest absolute Gasteiger partial charge is 0.142 e. The summed E-state index contributed by atoms with van der Waals surface area (Å²) in [5, 5.41) is 0. The lowest BCUT2D eigenvalue weighted by Gasteiger charge is -2.26. The lowest BCUT2D eigenvalue weighted by Crippen LogP contribution is -2.25. The number of hydrogen-bond donors (Lipinski definition) is 1. The Kier molecular flexibility index (Phi) is 5.64. The van der Waals surface area contributed by atoms with Crippen LogP contribution in [0.4, 0.5) is 11.4 Å². The van der Waals surface area contributed by atoms with Crippen molar-refractivity contribution < 1.29 is 4.74 Å². The molecule has 3 nitrogen and oxygen atoms in total. The van der Waals surface area contributed by atoms with Gasteiger partial charge in [-0.15, -0.1) is 0 Å². The van der Waals surface area contributed by atoms with E-state index in [-0.39, 0.29) is 0 Å². The summed E-state index contributed by atoms with van der Waals surface area (Å²) in [7, 11) is 0. The maximum atomic E-state index is 5.80. The van der Waals surface area contributed by atoms with E-state index in [0.717, 1.165) is 30.1 Å². The molecule has 0 saturated heterocycles. The number of anilines is 2. The van der Waals surface area contributed by atoms with E-state index in [2.05, 4.69) is 42.2 Å². The predicted octanol–water partition coefficient (Wildman–Crippen LogP) is 3.74. The molecule has 0 atom stereocenters. The summed E-state index contributed by atoms with van der Waals surface area (Å²) in [6.45, 7) is 6.17. The van der Waals surface area contributed by atoms with Gasteiger partial charge in [-0.05, 0) is 43.2 Å². The van der Waals surface area contributed by atoms with Crippen molar-refractivity contribution in [2.45, 2.75) is 20.3 Å². The quantitative estimate of drug-likeness (QED) is 0.841. The van der Waals surface area contributed by atoms with Crippen molar-refractivity contribution in [2.24, 2.45) is 5.73 Å². The van der Waals surface area contributed by atoms with E-state index in [4.69, 9.17) is 10.5 Å². The summed E-state index contributed by atoms with van der Waals surface area (Å²) in [6.07, 6.45) is 1.05. The molecule has 21 heavy (non-hydrogen) atoms. The summed E-state index contributed by atoms with van der Waals surface area (Å²) in [6, 6.07) is 16.7. The van der Waals surface area contributed by atoms with E-state index in [1.54, 1.807) is 0 Å². The molecule has 0 bridgehead atoms. The van der Waals surface area contributed by atoms with Crippen molar-refractivity contribution in [3.05, 3.63) is 54.1 Å². The molecule has 0 aliphatic carbocycles. The average molecular weight is 284 g/mol. The van der Waals surface area contributed by atoms with Gasteiger partial charge in [0.15, 0.2) is 0 Å². The first-order valence-electron chi connectivity index (χ1n) is 7.58. The monoisotopic (exact) mass is 284 g/mol. The molecule has 2 rings (SSSR count). The number of nitrogens with zero attached hydrogens (tertiary/aromatic N) is 1. The Bertz CT molecular complexity index is 551. The van der Waals surface area contributed by atoms with Crippen molar-refractivity contribution in [1.29, 1.82) is 0 Å². The van der Waals surface area contributed by atoms with Crippen LogP contribution in [-0.4, -0.2) is 19.7 Å². The molecule has 2 aromatic carbocycles. The van der Waals surface area contributed by atoms with Gasteiger partial charge in [0.25, 0.3) is 0 Å². The number of para-hydroxylation sites is 2. The largest absolute Gasteiger partial charge is 0.492 e. The second kappa shape index (κ2) is 7.70. The third kappa shape index (κ3) is 3.76. The van der Waals surface area contributed by atoms with Crippen LogP contribution < -0.4 is 15.4 Å². The molecule has 0 aromatic heterocycles. The highest BCUT2D eigenvalue weighted by Crippen LogP contribution is 2.33. The zero-order valence-electron chi connectivity index (χ0n) is 12.9. The number of hydrogen-bond acceptors (Lipinski definition) is 3. The van der Waals surface area contributed by atoms with Crippen LogP contribution in [0.15, 0.2) is 48.5 Å². The van der Waals surface area contributed by atoms with Gasteiger partial charge in [-0.1, -0.05) is 31.2 Å². The Morgan fingerprint density at radius 3 is 2.33 bits per heavy atom. The fourth-order valence-electron chi connectivity index (χ4n) is 2.39. The lowest BCUT2D eigenvalue weighted by atomic mass is 10.1. The maximum absolute atomic E-state index is 5.80. The first-order valence-corrected chi connectivity index (χ1v) is 7.58. The second-order valence-corrected chi connectivity index (χ2v) is 4.86. The second-order valence-electron chi connectivity index (χ2n) is 4.86. The molecule has 0 spiro atoms. The normalized spacial score (nSPS) is 10.4. The third-order valence-corrected chi connectivity index (χ3v) is 3.46. The molecule has 0 unspecified atom stereocenters. The van der Waals surface area contributed by atoms with Gasteiger partial charge in [-0.2, -0.15) is 0 Å². The van der Waals surface area contributed by atoms with E-state index in [1.807, 2.05) is 25.1 Å². The summed E-state index contributed by atoms with van der Waals surface area (Å²) in [5.41, 5.74) is 9.35. The number of ether oxygens (including phenoxy) is 1. The molecule has 0 amide bonds. The van der Waals surface area contributed by atoms with E-state index < -0.39 is 0 Å². The van der Waals surface area contributed by atoms with Gasteiger partial charge < -0.3 is 15.4 Å². The lowest BCUT2D eigenvalue weighted by molar-refractivity contribution is 0.341. The maximum Gasteiger partial charge on any atom is 0.142 e. The van der Waals surface area contributed by atoms with Gasteiger partial charge in [-0.3, -0.25) is 0 Å². The third-order valence-electron chi connectivity index (χ3n) is 3.46. The summed E-state index contributed by atoms with van der Waals surface area (Å²) in [4.78, 5) is 2.21. The van der Waals surface area contributed by atoms with Crippen LogP contribution >= 0.6 is 0 Å². The highest BCUT2D eigenvalue weighted by Gasteiger charge is 2.13. The molecule has 0 radical (unpaired) electrons. The number of benzene rings is 2. The Labute approximate surface area is 127 Å². The van der Waals surface area contributed by atoms with E-state index >= 15 is 0 Å². The molecule has 0 heterocycles. The minimum Gasteiger partial charge on any atom is -0.492 e. The van der Waals surface area contributed by atoms with Crippen LogP contribution in [-0.2, 0) is 6.42 Å². The fraction of sp³-hybridized carbons (Fsp3) is 0.333. The van der Waals surface area contributed by atoms with E-state index in [9.17, 15) is 0 Å². The topological polar surface area (TPSA) is 38.5 Å². The molecular weight excluding hydrogens is 260 g/mol. The van der Waals surface area contributed by atoms with Gasteiger partial charge in [0.2, 0.25) is 0 Å². The first-order chi connectivity index (χ1) is 10.3. The number of aryl methyl sites for hydroxylation is 1. The Hall–Kier alpha value is -2.00. The summed E-state index contributed by atoms with van der Waals surface area (Å²) in [5.74, 6) is 0.896. The van der Waals surface area contributed by atoms with E-state index in [0.29, 0.717) is 13.2 Å². The molecule has 0 fully saturated rings. The molecular formula is C18H24N2O. The fourth-order valence-corrected chi connectivity index (χ4v) is 2.39. The van der Waals surface area contributed by atoms with E-state index in [1.165, 1.54) is 5.56 Å². The molecule has 112 valence electrons. The van der Waals surface area contributed by atoms with Crippen LogP contribution in [0.2, 0.25) is 0 Å². The van der Waals surface area contributed by atoms with Crippen molar-refractivity contribution in [3.8, 4) is 5.75 Å². The predicted molar refractivity (Wildman–Crippen MR) is 89.5 cm³/mol. The van der Waals surface area contributed by atoms with Crippen LogP contribution in [0.1, 0.15) is 19.4 Å². The number of nitrogens with two attached hydrogens (primary N) is 1. The highest BCUT2D eigenvalue weighted by atomic mass is 16.5. The highest BCUT2D eigenvalue weighted by molar-refractivity contribution is 5.69. The average Bonchev–Trinajstić information content (AvgIpc) is 2.54. The minimum atomic E-state index is 0.593. The van der Waals surface area contributed by atoms with Gasteiger partial charge in [0.05, 0.1) is 12.3 Å². The zero-order chi connectivity index (χ0) is 15.1. The Morgan fingerprint density at radius 1 is 1.00 bits per heavy atom. The number of rotatable bonds is 7. The van der Waals surface area contributed by atoms with Crippen LogP contribution in [0.5, 0.6) is 5.75 Å². The SMILES string of the molecule is CCOc1ccccc1N(CCN)c1ccc(CC)cc1. The van der Waals surface area contributed by atoms with Gasteiger partial charge in [0, 0.05) is 18.8 Å². The standard InChI is InChI=1S/C18H24N2O/c1-3-15-9-11-16(12-10-15)20(14-13-19)17-7-5-6-8-18(17)21-4-2/h5-12H,3-4,13-14,19H2,1-2H3. The van der Waals surface area contributed by atoms with Gasteiger partial charge in [0.1, 0.15) is 5.75 Å². The van der Waals surface area contributed by atoms with Crippen molar-refractivity contribution >= 4 is 11.4 Å². The molecule has 0 aliphatic heterocycles. The van der Waals surface area contributed by atoms with Gasteiger partial charge >= 0.3 is 0 Å². The van der Waals surface area contributed by atoms with Crippen LogP contribution in [0, 0.1) is 0 Å². The zero-order valence-corrected chi connectivity index (χ0v) is 12.9. The van der Waals surface area contributed by atoms with Crippen molar-refractivity contribution in [3.63, 3.8) is 0 Å². The van der Waals surface area contributed by atoms with Crippen molar-refractivity contribution in [1.82, 2.24) is 0 Å².